The van der Waals surface area contributed by atoms with Gasteiger partial charge in [-0.2, -0.15) is 0 Å². The molecule has 3 aromatic rings. The topological polar surface area (TPSA) is 91.4 Å². The predicted molar refractivity (Wildman–Crippen MR) is 99.6 cm³/mol. The maximum absolute atomic E-state index is 12.5. The van der Waals surface area contributed by atoms with Gasteiger partial charge in [0.25, 0.3) is 5.91 Å². The molecule has 0 spiro atoms. The lowest BCUT2D eigenvalue weighted by Gasteiger charge is -2.13. The van der Waals surface area contributed by atoms with Gasteiger partial charge in [0.05, 0.1) is 17.4 Å². The van der Waals surface area contributed by atoms with Gasteiger partial charge in [-0.1, -0.05) is 24.3 Å². The average molecular weight is 401 g/mol. The molecule has 148 valence electrons. The minimum atomic E-state index is -4.79. The third kappa shape index (κ3) is 4.37. The third-order valence-corrected chi connectivity index (χ3v) is 4.09. The lowest BCUT2D eigenvalue weighted by Crippen LogP contribution is -2.35. The fourth-order valence-electron chi connectivity index (χ4n) is 2.81. The summed E-state index contributed by atoms with van der Waals surface area (Å²) >= 11 is 0. The van der Waals surface area contributed by atoms with Gasteiger partial charge in [0, 0.05) is 12.1 Å². The van der Waals surface area contributed by atoms with Crippen LogP contribution in [0.1, 0.15) is 11.1 Å². The van der Waals surface area contributed by atoms with Crippen LogP contribution >= 0.6 is 0 Å². The number of carbonyl (C=O) groups excluding carboxylic acids is 1. The van der Waals surface area contributed by atoms with Gasteiger partial charge in [-0.3, -0.25) is 10.1 Å². The van der Waals surface area contributed by atoms with Crippen molar-refractivity contribution in [2.75, 3.05) is 0 Å². The highest BCUT2D eigenvalue weighted by atomic mass is 19.4. The van der Waals surface area contributed by atoms with Crippen LogP contribution in [-0.4, -0.2) is 28.2 Å². The number of aliphatic imine (C=N–C) groups is 1. The van der Waals surface area contributed by atoms with Crippen molar-refractivity contribution >= 4 is 29.0 Å². The van der Waals surface area contributed by atoms with Gasteiger partial charge in [-0.25, -0.2) is 9.98 Å². The highest BCUT2D eigenvalue weighted by Gasteiger charge is 2.32. The number of hydrogen-bond donors (Lipinski definition) is 3. The lowest BCUT2D eigenvalue weighted by atomic mass is 10.1. The summed E-state index contributed by atoms with van der Waals surface area (Å²) in [6.07, 6.45) is -1.61. The summed E-state index contributed by atoms with van der Waals surface area (Å²) in [7, 11) is 0. The first-order chi connectivity index (χ1) is 13.9. The van der Waals surface area contributed by atoms with E-state index < -0.39 is 12.3 Å². The van der Waals surface area contributed by atoms with E-state index in [1.807, 2.05) is 12.1 Å². The minimum absolute atomic E-state index is 0.0151. The van der Waals surface area contributed by atoms with E-state index >= 15 is 0 Å². The smallest absolute Gasteiger partial charge is 0.405 e. The Labute approximate surface area is 162 Å². The van der Waals surface area contributed by atoms with E-state index in [0.29, 0.717) is 0 Å². The Morgan fingerprint density at radius 2 is 2.00 bits per heavy atom. The molecule has 1 amide bonds. The van der Waals surface area contributed by atoms with Crippen molar-refractivity contribution in [1.29, 1.82) is 0 Å². The van der Waals surface area contributed by atoms with Gasteiger partial charge < -0.3 is 15.0 Å². The van der Waals surface area contributed by atoms with Gasteiger partial charge in [0.2, 0.25) is 5.96 Å². The van der Waals surface area contributed by atoms with Crippen molar-refractivity contribution < 1.29 is 22.7 Å². The number of amides is 1. The standard InChI is InChI=1S/C19H14F3N5O2/c20-19(21,22)29-16-4-2-1-3-12(16)9-23-18-26-15(17(28)27-18)8-11-5-6-13-14(7-11)25-10-24-13/h1-8,10H,9H2,(H,24,25)(H2,23,26,27,28)/b15-8-. The number of ether oxygens (including phenoxy) is 1. The average Bonchev–Trinajstić information content (AvgIpc) is 3.26. The second-order valence-corrected chi connectivity index (χ2v) is 6.13. The Hall–Kier alpha value is -3.82. The number of alkyl halides is 3. The van der Waals surface area contributed by atoms with E-state index in [1.54, 1.807) is 24.5 Å². The number of para-hydroxylation sites is 1. The molecule has 0 bridgehead atoms. The Kier molecular flexibility index (Phi) is 4.67. The number of fused-ring (bicyclic) bond motifs is 1. The molecule has 0 saturated heterocycles. The van der Waals surface area contributed by atoms with Crippen LogP contribution in [0.2, 0.25) is 0 Å². The zero-order chi connectivity index (χ0) is 20.4. The molecule has 2 heterocycles. The third-order valence-electron chi connectivity index (χ3n) is 4.09. The molecular formula is C19H14F3N5O2. The highest BCUT2D eigenvalue weighted by Crippen LogP contribution is 2.26. The maximum Gasteiger partial charge on any atom is 0.573 e. The molecule has 0 atom stereocenters. The second-order valence-electron chi connectivity index (χ2n) is 6.13. The van der Waals surface area contributed by atoms with Crippen molar-refractivity contribution in [1.82, 2.24) is 20.6 Å². The summed E-state index contributed by atoms with van der Waals surface area (Å²) in [4.78, 5) is 23.4. The predicted octanol–water partition coefficient (Wildman–Crippen LogP) is 3.08. The van der Waals surface area contributed by atoms with Crippen LogP contribution < -0.4 is 15.4 Å². The molecule has 0 radical (unpaired) electrons. The van der Waals surface area contributed by atoms with Crippen LogP contribution in [0, 0.1) is 0 Å². The summed E-state index contributed by atoms with van der Waals surface area (Å²) < 4.78 is 41.5. The number of benzene rings is 2. The first-order valence-corrected chi connectivity index (χ1v) is 8.50. The van der Waals surface area contributed by atoms with Gasteiger partial charge >= 0.3 is 6.36 Å². The van der Waals surface area contributed by atoms with Crippen molar-refractivity contribution in [3.63, 3.8) is 0 Å². The van der Waals surface area contributed by atoms with E-state index in [0.717, 1.165) is 16.6 Å². The zero-order valence-electron chi connectivity index (χ0n) is 14.7. The Morgan fingerprint density at radius 3 is 2.83 bits per heavy atom. The van der Waals surface area contributed by atoms with Crippen LogP contribution in [-0.2, 0) is 11.3 Å². The van der Waals surface area contributed by atoms with Gasteiger partial charge in [-0.15, -0.1) is 13.2 Å². The quantitative estimate of drug-likeness (QED) is 0.586. The number of guanidine groups is 1. The van der Waals surface area contributed by atoms with E-state index in [9.17, 15) is 18.0 Å². The molecule has 0 fully saturated rings. The summed E-state index contributed by atoms with van der Waals surface area (Å²) in [5, 5.41) is 5.35. The van der Waals surface area contributed by atoms with Gasteiger partial charge in [-0.05, 0) is 29.8 Å². The molecule has 1 aliphatic rings. The van der Waals surface area contributed by atoms with E-state index in [4.69, 9.17) is 0 Å². The van der Waals surface area contributed by atoms with E-state index in [-0.39, 0.29) is 29.5 Å². The molecule has 1 aromatic heterocycles. The van der Waals surface area contributed by atoms with Gasteiger partial charge in [0.1, 0.15) is 11.4 Å². The number of H-pyrrole nitrogens is 1. The summed E-state index contributed by atoms with van der Waals surface area (Å²) in [5.74, 6) is -0.594. The molecule has 1 aliphatic heterocycles. The monoisotopic (exact) mass is 401 g/mol. The van der Waals surface area contributed by atoms with Crippen LogP contribution in [0.25, 0.3) is 17.1 Å². The number of rotatable bonds is 4. The summed E-state index contributed by atoms with van der Waals surface area (Å²) in [6, 6.07) is 11.2. The van der Waals surface area contributed by atoms with Crippen molar-refractivity contribution in [2.24, 2.45) is 4.99 Å². The Balaban J connectivity index is 1.49. The molecular weight excluding hydrogens is 387 g/mol. The van der Waals surface area contributed by atoms with E-state index in [1.165, 1.54) is 18.2 Å². The molecule has 4 rings (SSSR count). The number of aromatic nitrogens is 2. The molecule has 2 aromatic carbocycles. The number of carbonyl (C=O) groups is 1. The number of nitrogens with zero attached hydrogens (tertiary/aromatic N) is 2. The first-order valence-electron chi connectivity index (χ1n) is 8.50. The largest absolute Gasteiger partial charge is 0.573 e. The number of aromatic amines is 1. The number of imidazole rings is 1. The maximum atomic E-state index is 12.5. The molecule has 3 N–H and O–H groups in total. The van der Waals surface area contributed by atoms with Crippen LogP contribution in [0.4, 0.5) is 13.2 Å². The zero-order valence-corrected chi connectivity index (χ0v) is 14.7. The molecule has 0 saturated carbocycles. The lowest BCUT2D eigenvalue weighted by molar-refractivity contribution is -0.274. The van der Waals surface area contributed by atoms with E-state index in [2.05, 4.69) is 30.3 Å². The van der Waals surface area contributed by atoms with Crippen LogP contribution in [0.3, 0.4) is 0 Å². The number of nitrogens with one attached hydrogen (secondary N) is 3. The Bertz CT molecular complexity index is 1130. The number of hydrogen-bond acceptors (Lipinski definition) is 5. The minimum Gasteiger partial charge on any atom is -0.405 e. The van der Waals surface area contributed by atoms with Crippen molar-refractivity contribution in [3.05, 3.63) is 65.6 Å². The first kappa shape index (κ1) is 18.5. The Morgan fingerprint density at radius 1 is 1.17 bits per heavy atom. The van der Waals surface area contributed by atoms with Crippen LogP contribution in [0.15, 0.2) is 59.5 Å². The molecule has 7 nitrogen and oxygen atoms in total. The fraction of sp³-hybridized carbons (Fsp3) is 0.105. The van der Waals surface area contributed by atoms with Gasteiger partial charge in [0.15, 0.2) is 0 Å². The molecule has 0 unspecified atom stereocenters. The summed E-state index contributed by atoms with van der Waals surface area (Å²) in [6.45, 7) is -0.0151. The summed E-state index contributed by atoms with van der Waals surface area (Å²) in [5.41, 5.74) is 2.81. The molecule has 29 heavy (non-hydrogen) atoms. The highest BCUT2D eigenvalue weighted by molar-refractivity contribution is 6.13. The van der Waals surface area contributed by atoms with Crippen LogP contribution in [0.5, 0.6) is 5.75 Å². The molecule has 0 aliphatic carbocycles. The second kappa shape index (κ2) is 7.30. The molecule has 10 heteroatoms. The van der Waals surface area contributed by atoms with Crippen molar-refractivity contribution in [3.8, 4) is 5.75 Å². The van der Waals surface area contributed by atoms with Crippen molar-refractivity contribution in [2.45, 2.75) is 12.9 Å². The SMILES string of the molecule is O=C1NC(NCc2ccccc2OC(F)(F)F)=N/C1=C\c1ccc2nc[nH]c2c1. The number of halogens is 3. The fourth-order valence-corrected chi connectivity index (χ4v) is 2.81. The normalized spacial score (nSPS) is 15.5.